The molecule has 2 amide bonds. The number of carbonyl (C=O) groups excluding carboxylic acids is 2. The molecule has 10 heteroatoms. The van der Waals surface area contributed by atoms with Gasteiger partial charge in [-0.25, -0.2) is 8.42 Å². The summed E-state index contributed by atoms with van der Waals surface area (Å²) in [5.41, 5.74) is 1.08. The van der Waals surface area contributed by atoms with Crippen LogP contribution in [0.25, 0.3) is 0 Å². The van der Waals surface area contributed by atoms with E-state index in [1.54, 1.807) is 35.4 Å². The Kier molecular flexibility index (Phi) is 5.69. The Bertz CT molecular complexity index is 1050. The van der Waals surface area contributed by atoms with Crippen molar-refractivity contribution in [3.63, 3.8) is 0 Å². The third kappa shape index (κ3) is 4.60. The van der Waals surface area contributed by atoms with Gasteiger partial charge in [0.05, 0.1) is 28.7 Å². The molecule has 1 aromatic rings. The van der Waals surface area contributed by atoms with Gasteiger partial charge in [-0.1, -0.05) is 12.1 Å². The predicted octanol–water partition coefficient (Wildman–Crippen LogP) is 1.03. The average molecular weight is 430 g/mol. The summed E-state index contributed by atoms with van der Waals surface area (Å²) >= 11 is 0. The summed E-state index contributed by atoms with van der Waals surface area (Å²) in [5, 5.41) is 5.62. The van der Waals surface area contributed by atoms with Crippen molar-refractivity contribution in [1.29, 1.82) is 0 Å². The zero-order valence-corrected chi connectivity index (χ0v) is 17.0. The Hall–Kier alpha value is -2.98. The molecule has 3 aliphatic heterocycles. The number of hydrogen-bond acceptors (Lipinski definition) is 6. The molecule has 0 bridgehead atoms. The lowest BCUT2D eigenvalue weighted by Crippen LogP contribution is -2.37. The molecule has 0 aliphatic carbocycles. The number of ether oxygens (including phenoxy) is 1. The van der Waals surface area contributed by atoms with E-state index < -0.39 is 15.9 Å². The summed E-state index contributed by atoms with van der Waals surface area (Å²) in [7, 11) is -3.45. The van der Waals surface area contributed by atoms with E-state index in [0.29, 0.717) is 30.0 Å². The highest BCUT2D eigenvalue weighted by Crippen LogP contribution is 2.20. The van der Waals surface area contributed by atoms with Crippen molar-refractivity contribution in [2.75, 3.05) is 30.8 Å². The maximum Gasteiger partial charge on any atom is 0.257 e. The van der Waals surface area contributed by atoms with E-state index in [4.69, 9.17) is 4.74 Å². The maximum absolute atomic E-state index is 12.7. The summed E-state index contributed by atoms with van der Waals surface area (Å²) in [4.78, 5) is 27.0. The number of amidine groups is 1. The fraction of sp³-hybridized carbons (Fsp3) is 0.350. The normalized spacial score (nSPS) is 22.0. The number of nitrogens with one attached hydrogen (secondary N) is 2. The lowest BCUT2D eigenvalue weighted by molar-refractivity contribution is -0.112. The van der Waals surface area contributed by atoms with Crippen molar-refractivity contribution in [2.45, 2.75) is 18.9 Å². The van der Waals surface area contributed by atoms with Crippen LogP contribution >= 0.6 is 0 Å². The van der Waals surface area contributed by atoms with E-state index in [0.717, 1.165) is 12.8 Å². The number of para-hydroxylation sites is 1. The minimum absolute atomic E-state index is 0.0254. The van der Waals surface area contributed by atoms with Crippen molar-refractivity contribution in [3.8, 4) is 0 Å². The van der Waals surface area contributed by atoms with Gasteiger partial charge < -0.3 is 20.3 Å². The van der Waals surface area contributed by atoms with Crippen LogP contribution in [0.3, 0.4) is 0 Å². The van der Waals surface area contributed by atoms with Gasteiger partial charge in [-0.05, 0) is 37.1 Å². The van der Waals surface area contributed by atoms with Crippen molar-refractivity contribution in [1.82, 2.24) is 10.2 Å². The molecule has 3 heterocycles. The Morgan fingerprint density at radius 2 is 2.03 bits per heavy atom. The molecule has 3 aliphatic rings. The lowest BCUT2D eigenvalue weighted by Gasteiger charge is -2.27. The molecule has 4 rings (SSSR count). The van der Waals surface area contributed by atoms with Crippen LogP contribution < -0.4 is 10.6 Å². The van der Waals surface area contributed by atoms with Gasteiger partial charge in [0.15, 0.2) is 0 Å². The van der Waals surface area contributed by atoms with Gasteiger partial charge >= 0.3 is 0 Å². The van der Waals surface area contributed by atoms with E-state index in [1.165, 1.54) is 12.2 Å². The Morgan fingerprint density at radius 3 is 2.83 bits per heavy atom. The smallest absolute Gasteiger partial charge is 0.257 e. The first-order valence-corrected chi connectivity index (χ1v) is 11.3. The molecular formula is C20H22N4O5S. The fourth-order valence-corrected chi connectivity index (χ4v) is 4.40. The molecule has 2 N–H and O–H groups in total. The average Bonchev–Trinajstić information content (AvgIpc) is 3.25. The number of fused-ring (bicyclic) bond motifs is 1. The molecule has 30 heavy (non-hydrogen) atoms. The standard InChI is InChI=1S/C20H22N4O5S/c25-19(14-7-8-18-23-30(27,28)11-9-24(18)13-14)22-17-6-2-1-5-16(17)20(26)21-12-15-4-3-10-29-15/h1-2,5-8,13,15H,3-4,9-12H2,(H,21,26)(H,22,25)/t15-/m0/s1. The molecule has 9 nitrogen and oxygen atoms in total. The van der Waals surface area contributed by atoms with Gasteiger partial charge in [0.25, 0.3) is 21.8 Å². The lowest BCUT2D eigenvalue weighted by atomic mass is 10.1. The van der Waals surface area contributed by atoms with Crippen molar-refractivity contribution < 1.29 is 22.7 Å². The molecule has 1 atom stereocenters. The van der Waals surface area contributed by atoms with Crippen molar-refractivity contribution >= 4 is 33.4 Å². The zero-order valence-electron chi connectivity index (χ0n) is 16.2. The monoisotopic (exact) mass is 430 g/mol. The number of hydrogen-bond donors (Lipinski definition) is 2. The number of benzene rings is 1. The Labute approximate surface area is 174 Å². The van der Waals surface area contributed by atoms with Crippen LogP contribution in [-0.2, 0) is 19.6 Å². The topological polar surface area (TPSA) is 117 Å². The Balaban J connectivity index is 1.44. The minimum atomic E-state index is -3.45. The molecule has 0 saturated carbocycles. The molecule has 0 spiro atoms. The van der Waals surface area contributed by atoms with Crippen LogP contribution in [-0.4, -0.2) is 62.5 Å². The molecule has 0 unspecified atom stereocenters. The minimum Gasteiger partial charge on any atom is -0.376 e. The number of amides is 2. The third-order valence-corrected chi connectivity index (χ3v) is 6.18. The van der Waals surface area contributed by atoms with E-state index in [-0.39, 0.29) is 30.1 Å². The predicted molar refractivity (Wildman–Crippen MR) is 112 cm³/mol. The highest BCUT2D eigenvalue weighted by atomic mass is 32.2. The number of anilines is 1. The number of carbonyl (C=O) groups is 2. The number of sulfonamides is 1. The highest BCUT2D eigenvalue weighted by molar-refractivity contribution is 7.90. The fourth-order valence-electron chi connectivity index (χ4n) is 3.43. The second kappa shape index (κ2) is 8.41. The molecular weight excluding hydrogens is 408 g/mol. The van der Waals surface area contributed by atoms with Crippen molar-refractivity contribution in [2.24, 2.45) is 4.40 Å². The molecule has 0 radical (unpaired) electrons. The quantitative estimate of drug-likeness (QED) is 0.721. The van der Waals surface area contributed by atoms with Crippen LogP contribution in [0.15, 0.2) is 52.6 Å². The summed E-state index contributed by atoms with van der Waals surface area (Å²) in [6.07, 6.45) is 6.49. The molecule has 1 aromatic carbocycles. The van der Waals surface area contributed by atoms with E-state index in [9.17, 15) is 18.0 Å². The molecule has 1 saturated heterocycles. The van der Waals surface area contributed by atoms with Crippen LogP contribution in [0, 0.1) is 0 Å². The first-order valence-electron chi connectivity index (χ1n) is 9.71. The first-order chi connectivity index (χ1) is 14.4. The van der Waals surface area contributed by atoms with Gasteiger partial charge in [-0.2, -0.15) is 0 Å². The molecule has 1 fully saturated rings. The van der Waals surface area contributed by atoms with Gasteiger partial charge in [0.2, 0.25) is 0 Å². The van der Waals surface area contributed by atoms with Crippen LogP contribution in [0.5, 0.6) is 0 Å². The largest absolute Gasteiger partial charge is 0.376 e. The van der Waals surface area contributed by atoms with E-state index in [2.05, 4.69) is 15.0 Å². The van der Waals surface area contributed by atoms with Crippen LogP contribution in [0.2, 0.25) is 0 Å². The summed E-state index contributed by atoms with van der Waals surface area (Å²) in [5.74, 6) is -0.515. The van der Waals surface area contributed by atoms with Crippen molar-refractivity contribution in [3.05, 3.63) is 53.8 Å². The van der Waals surface area contributed by atoms with E-state index in [1.807, 2.05) is 0 Å². The SMILES string of the molecule is O=C(Nc1ccccc1C(=O)NC[C@@H]1CCCO1)C1=CN2CCS(=O)(=O)N=C2C=C1. The van der Waals surface area contributed by atoms with E-state index >= 15 is 0 Å². The third-order valence-electron chi connectivity index (χ3n) is 5.02. The highest BCUT2D eigenvalue weighted by Gasteiger charge is 2.25. The van der Waals surface area contributed by atoms with Crippen LogP contribution in [0.4, 0.5) is 5.69 Å². The second-order valence-corrected chi connectivity index (χ2v) is 8.95. The van der Waals surface area contributed by atoms with Gasteiger partial charge in [-0.3, -0.25) is 9.59 Å². The summed E-state index contributed by atoms with van der Waals surface area (Å²) in [6.45, 7) is 1.37. The first kappa shape index (κ1) is 20.3. The van der Waals surface area contributed by atoms with Gasteiger partial charge in [-0.15, -0.1) is 4.40 Å². The number of nitrogens with zero attached hydrogens (tertiary/aromatic N) is 2. The summed E-state index contributed by atoms with van der Waals surface area (Å²) in [6, 6.07) is 6.77. The van der Waals surface area contributed by atoms with Gasteiger partial charge in [0.1, 0.15) is 5.84 Å². The van der Waals surface area contributed by atoms with Crippen LogP contribution in [0.1, 0.15) is 23.2 Å². The zero-order chi connectivity index (χ0) is 21.1. The number of rotatable bonds is 5. The maximum atomic E-state index is 12.7. The molecule has 158 valence electrons. The van der Waals surface area contributed by atoms with Gasteiger partial charge in [0, 0.05) is 25.9 Å². The summed E-state index contributed by atoms with van der Waals surface area (Å²) < 4.78 is 32.4. The second-order valence-electron chi connectivity index (χ2n) is 7.19. The molecule has 0 aromatic heterocycles. The Morgan fingerprint density at radius 1 is 1.20 bits per heavy atom.